The number of pyridine rings is 1. The molecule has 0 amide bonds. The summed E-state index contributed by atoms with van der Waals surface area (Å²) in [5, 5.41) is 3.33. The van der Waals surface area contributed by atoms with Gasteiger partial charge in [-0.25, -0.2) is 0 Å². The molecule has 1 aromatic carbocycles. The minimum absolute atomic E-state index is 0.784. The van der Waals surface area contributed by atoms with Crippen LogP contribution in [-0.4, -0.2) is 11.5 Å². The van der Waals surface area contributed by atoms with Crippen molar-refractivity contribution in [3.8, 4) is 0 Å². The van der Waals surface area contributed by atoms with Crippen LogP contribution in [0.2, 0.25) is 0 Å². The number of hydrogen-bond donors (Lipinski definition) is 2. The lowest BCUT2D eigenvalue weighted by Crippen LogP contribution is -2.05. The second kappa shape index (κ2) is 5.16. The Labute approximate surface area is 95.3 Å². The SMILES string of the molecule is Nc1cccc(NCCc2cccnc2)c1. The van der Waals surface area contributed by atoms with Gasteiger partial charge in [-0.2, -0.15) is 0 Å². The van der Waals surface area contributed by atoms with Gasteiger partial charge in [0.1, 0.15) is 0 Å². The summed E-state index contributed by atoms with van der Waals surface area (Å²) in [6.45, 7) is 0.884. The van der Waals surface area contributed by atoms with E-state index in [0.717, 1.165) is 24.3 Å². The van der Waals surface area contributed by atoms with Gasteiger partial charge in [0.05, 0.1) is 0 Å². The van der Waals surface area contributed by atoms with E-state index in [1.807, 2.05) is 36.5 Å². The van der Waals surface area contributed by atoms with Crippen molar-refractivity contribution in [1.29, 1.82) is 0 Å². The van der Waals surface area contributed by atoms with E-state index in [4.69, 9.17) is 5.73 Å². The molecule has 0 aliphatic rings. The molecule has 1 heterocycles. The second-order valence-corrected chi connectivity index (χ2v) is 3.66. The Kier molecular flexibility index (Phi) is 3.38. The van der Waals surface area contributed by atoms with Gasteiger partial charge in [0.2, 0.25) is 0 Å². The van der Waals surface area contributed by atoms with Crippen LogP contribution in [0.3, 0.4) is 0 Å². The fraction of sp³-hybridized carbons (Fsp3) is 0.154. The largest absolute Gasteiger partial charge is 0.399 e. The van der Waals surface area contributed by atoms with Gasteiger partial charge in [0, 0.05) is 30.3 Å². The van der Waals surface area contributed by atoms with E-state index in [2.05, 4.69) is 16.4 Å². The molecule has 0 aliphatic carbocycles. The average Bonchev–Trinajstić information content (AvgIpc) is 2.30. The van der Waals surface area contributed by atoms with Crippen molar-refractivity contribution in [3.63, 3.8) is 0 Å². The normalized spacial score (nSPS) is 10.0. The highest BCUT2D eigenvalue weighted by Crippen LogP contribution is 2.11. The van der Waals surface area contributed by atoms with E-state index in [-0.39, 0.29) is 0 Å². The molecule has 0 saturated heterocycles. The van der Waals surface area contributed by atoms with Gasteiger partial charge < -0.3 is 11.1 Å². The second-order valence-electron chi connectivity index (χ2n) is 3.66. The van der Waals surface area contributed by atoms with E-state index < -0.39 is 0 Å². The molecular formula is C13H15N3. The highest BCUT2D eigenvalue weighted by Gasteiger charge is 1.94. The molecule has 0 fully saturated rings. The highest BCUT2D eigenvalue weighted by atomic mass is 14.9. The summed E-state index contributed by atoms with van der Waals surface area (Å²) < 4.78 is 0. The first-order valence-corrected chi connectivity index (χ1v) is 5.33. The molecule has 1 aromatic heterocycles. The molecule has 3 nitrogen and oxygen atoms in total. The number of hydrogen-bond acceptors (Lipinski definition) is 3. The first-order valence-electron chi connectivity index (χ1n) is 5.33. The Morgan fingerprint density at radius 2 is 2.12 bits per heavy atom. The molecule has 0 bridgehead atoms. The number of rotatable bonds is 4. The van der Waals surface area contributed by atoms with Gasteiger partial charge in [0.25, 0.3) is 0 Å². The Hall–Kier alpha value is -2.03. The zero-order valence-corrected chi connectivity index (χ0v) is 9.06. The number of nitrogens with one attached hydrogen (secondary N) is 1. The van der Waals surface area contributed by atoms with Crippen LogP contribution in [0.5, 0.6) is 0 Å². The molecule has 82 valence electrons. The molecule has 0 atom stereocenters. The number of anilines is 2. The third-order valence-corrected chi connectivity index (χ3v) is 2.35. The summed E-state index contributed by atoms with van der Waals surface area (Å²) in [5.74, 6) is 0. The molecule has 2 aromatic rings. The predicted octanol–water partition coefficient (Wildman–Crippen LogP) is 2.32. The van der Waals surface area contributed by atoms with E-state index in [1.165, 1.54) is 5.56 Å². The van der Waals surface area contributed by atoms with Crippen LogP contribution in [0.4, 0.5) is 11.4 Å². The van der Waals surface area contributed by atoms with Gasteiger partial charge in [-0.3, -0.25) is 4.98 Å². The number of nitrogen functional groups attached to an aromatic ring is 1. The maximum atomic E-state index is 5.69. The van der Waals surface area contributed by atoms with Crippen LogP contribution in [0.15, 0.2) is 48.8 Å². The van der Waals surface area contributed by atoms with Crippen LogP contribution in [-0.2, 0) is 6.42 Å². The molecule has 16 heavy (non-hydrogen) atoms. The van der Waals surface area contributed by atoms with Crippen LogP contribution in [0.1, 0.15) is 5.56 Å². The third-order valence-electron chi connectivity index (χ3n) is 2.35. The first kappa shape index (κ1) is 10.5. The molecule has 0 aliphatic heterocycles. The summed E-state index contributed by atoms with van der Waals surface area (Å²) in [7, 11) is 0. The smallest absolute Gasteiger partial charge is 0.0360 e. The average molecular weight is 213 g/mol. The predicted molar refractivity (Wildman–Crippen MR) is 67.3 cm³/mol. The van der Waals surface area contributed by atoms with Crippen LogP contribution >= 0.6 is 0 Å². The quantitative estimate of drug-likeness (QED) is 0.766. The van der Waals surface area contributed by atoms with Crippen molar-refractivity contribution >= 4 is 11.4 Å². The van der Waals surface area contributed by atoms with Crippen LogP contribution < -0.4 is 11.1 Å². The molecule has 0 saturated carbocycles. The highest BCUT2D eigenvalue weighted by molar-refractivity contribution is 5.54. The molecule has 0 radical (unpaired) electrons. The van der Waals surface area contributed by atoms with Crippen molar-refractivity contribution in [3.05, 3.63) is 54.4 Å². The van der Waals surface area contributed by atoms with Crippen LogP contribution in [0, 0.1) is 0 Å². The maximum Gasteiger partial charge on any atom is 0.0360 e. The summed E-state index contributed by atoms with van der Waals surface area (Å²) in [4.78, 5) is 4.08. The number of nitrogens with zero attached hydrogens (tertiary/aromatic N) is 1. The fourth-order valence-corrected chi connectivity index (χ4v) is 1.55. The zero-order chi connectivity index (χ0) is 11.2. The summed E-state index contributed by atoms with van der Waals surface area (Å²) in [5.41, 5.74) is 8.77. The van der Waals surface area contributed by atoms with Gasteiger partial charge in [-0.1, -0.05) is 12.1 Å². The Balaban J connectivity index is 1.85. The summed E-state index contributed by atoms with van der Waals surface area (Å²) >= 11 is 0. The molecular weight excluding hydrogens is 198 g/mol. The van der Waals surface area contributed by atoms with Crippen molar-refractivity contribution < 1.29 is 0 Å². The van der Waals surface area contributed by atoms with E-state index in [0.29, 0.717) is 0 Å². The minimum Gasteiger partial charge on any atom is -0.399 e. The lowest BCUT2D eigenvalue weighted by Gasteiger charge is -2.06. The number of nitrogens with two attached hydrogens (primary N) is 1. The topological polar surface area (TPSA) is 50.9 Å². The molecule has 0 unspecified atom stereocenters. The third kappa shape index (κ3) is 2.98. The van der Waals surface area contributed by atoms with E-state index in [9.17, 15) is 0 Å². The number of benzene rings is 1. The molecule has 3 N–H and O–H groups in total. The summed E-state index contributed by atoms with van der Waals surface area (Å²) in [6.07, 6.45) is 4.64. The summed E-state index contributed by atoms with van der Waals surface area (Å²) in [6, 6.07) is 11.8. The van der Waals surface area contributed by atoms with Crippen molar-refractivity contribution in [2.45, 2.75) is 6.42 Å². The standard InChI is InChI=1S/C13H15N3/c14-12-4-1-5-13(9-12)16-8-6-11-3-2-7-15-10-11/h1-5,7,9-10,16H,6,8,14H2. The van der Waals surface area contributed by atoms with Crippen molar-refractivity contribution in [2.24, 2.45) is 0 Å². The van der Waals surface area contributed by atoms with Crippen molar-refractivity contribution in [2.75, 3.05) is 17.6 Å². The molecule has 3 heteroatoms. The van der Waals surface area contributed by atoms with E-state index in [1.54, 1.807) is 6.20 Å². The van der Waals surface area contributed by atoms with Gasteiger partial charge in [-0.05, 0) is 36.2 Å². The zero-order valence-electron chi connectivity index (χ0n) is 9.06. The lowest BCUT2D eigenvalue weighted by atomic mass is 10.2. The number of aromatic nitrogens is 1. The van der Waals surface area contributed by atoms with Crippen LogP contribution in [0.25, 0.3) is 0 Å². The Bertz CT molecular complexity index is 440. The first-order chi connectivity index (χ1) is 7.84. The molecule has 2 rings (SSSR count). The fourth-order valence-electron chi connectivity index (χ4n) is 1.55. The van der Waals surface area contributed by atoms with Gasteiger partial charge >= 0.3 is 0 Å². The Morgan fingerprint density at radius 3 is 2.88 bits per heavy atom. The van der Waals surface area contributed by atoms with Crippen molar-refractivity contribution in [1.82, 2.24) is 4.98 Å². The Morgan fingerprint density at radius 1 is 1.19 bits per heavy atom. The maximum absolute atomic E-state index is 5.69. The van der Waals surface area contributed by atoms with E-state index >= 15 is 0 Å². The minimum atomic E-state index is 0.784. The molecule has 0 spiro atoms. The lowest BCUT2D eigenvalue weighted by molar-refractivity contribution is 1.01. The van der Waals surface area contributed by atoms with Gasteiger partial charge in [0.15, 0.2) is 0 Å². The van der Waals surface area contributed by atoms with Gasteiger partial charge in [-0.15, -0.1) is 0 Å². The monoisotopic (exact) mass is 213 g/mol.